The summed E-state index contributed by atoms with van der Waals surface area (Å²) < 4.78 is 17.6. The molecule has 0 saturated carbocycles. The third-order valence-corrected chi connectivity index (χ3v) is 2.27. The van der Waals surface area contributed by atoms with Gasteiger partial charge < -0.3 is 15.4 Å². The van der Waals surface area contributed by atoms with E-state index in [1.165, 1.54) is 12.1 Å². The Hall–Kier alpha value is -1.79. The summed E-state index contributed by atoms with van der Waals surface area (Å²) in [4.78, 5) is 4.04. The Morgan fingerprint density at radius 1 is 1.35 bits per heavy atom. The Balaban J connectivity index is 2.08. The molecular weight excluding hydrogens is 225 g/mol. The standard InChI is InChI=1S/C11H12FN3O2/c12-8-3-1-7(2-4-8)5-10-14-11(17-15-10)9(13)6-16/h1-4,9,16H,5-6,13H2. The highest BCUT2D eigenvalue weighted by atomic mass is 19.1. The molecule has 1 aromatic carbocycles. The van der Waals surface area contributed by atoms with Crippen LogP contribution in [0, 0.1) is 5.82 Å². The number of nitrogens with zero attached hydrogens (tertiary/aromatic N) is 2. The van der Waals surface area contributed by atoms with Gasteiger partial charge in [0.2, 0.25) is 5.89 Å². The van der Waals surface area contributed by atoms with E-state index >= 15 is 0 Å². The zero-order valence-electron chi connectivity index (χ0n) is 9.01. The zero-order chi connectivity index (χ0) is 12.3. The second kappa shape index (κ2) is 5.03. The molecule has 0 fully saturated rings. The molecule has 2 rings (SSSR count). The number of hydrogen-bond acceptors (Lipinski definition) is 5. The molecule has 1 atom stereocenters. The highest BCUT2D eigenvalue weighted by molar-refractivity contribution is 5.19. The molecule has 3 N–H and O–H groups in total. The van der Waals surface area contributed by atoms with Gasteiger partial charge in [-0.2, -0.15) is 4.98 Å². The fourth-order valence-corrected chi connectivity index (χ4v) is 1.35. The lowest BCUT2D eigenvalue weighted by molar-refractivity contribution is 0.236. The average molecular weight is 237 g/mol. The maximum Gasteiger partial charge on any atom is 0.245 e. The third-order valence-electron chi connectivity index (χ3n) is 2.27. The van der Waals surface area contributed by atoms with Crippen LogP contribution in [0.3, 0.4) is 0 Å². The second-order valence-corrected chi connectivity index (χ2v) is 3.64. The van der Waals surface area contributed by atoms with Crippen LogP contribution >= 0.6 is 0 Å². The van der Waals surface area contributed by atoms with E-state index in [9.17, 15) is 4.39 Å². The van der Waals surface area contributed by atoms with Crippen molar-refractivity contribution in [3.05, 3.63) is 47.4 Å². The zero-order valence-corrected chi connectivity index (χ0v) is 9.01. The van der Waals surface area contributed by atoms with Crippen LogP contribution in [0.15, 0.2) is 28.8 Å². The molecule has 2 aromatic rings. The molecule has 1 aromatic heterocycles. The van der Waals surface area contributed by atoms with Crippen molar-refractivity contribution in [2.45, 2.75) is 12.5 Å². The van der Waals surface area contributed by atoms with Crippen molar-refractivity contribution in [3.8, 4) is 0 Å². The van der Waals surface area contributed by atoms with E-state index < -0.39 is 6.04 Å². The molecule has 0 aliphatic heterocycles. The number of rotatable bonds is 4. The number of aromatic nitrogens is 2. The minimum Gasteiger partial charge on any atom is -0.394 e. The van der Waals surface area contributed by atoms with E-state index in [-0.39, 0.29) is 18.3 Å². The van der Waals surface area contributed by atoms with Crippen molar-refractivity contribution >= 4 is 0 Å². The summed E-state index contributed by atoms with van der Waals surface area (Å²) in [6, 6.07) is 5.38. The molecule has 6 heteroatoms. The van der Waals surface area contributed by atoms with Gasteiger partial charge in [-0.15, -0.1) is 0 Å². The van der Waals surface area contributed by atoms with Crippen molar-refractivity contribution in [1.82, 2.24) is 10.1 Å². The summed E-state index contributed by atoms with van der Waals surface area (Å²) in [6.45, 7) is -0.252. The van der Waals surface area contributed by atoms with Crippen LogP contribution in [0.25, 0.3) is 0 Å². The topological polar surface area (TPSA) is 85.2 Å². The quantitative estimate of drug-likeness (QED) is 0.821. The summed E-state index contributed by atoms with van der Waals surface area (Å²) in [6.07, 6.45) is 0.432. The molecule has 0 radical (unpaired) electrons. The first-order chi connectivity index (χ1) is 8.19. The molecule has 0 aliphatic rings. The number of nitrogens with two attached hydrogens (primary N) is 1. The lowest BCUT2D eigenvalue weighted by Crippen LogP contribution is -2.14. The van der Waals surface area contributed by atoms with Crippen molar-refractivity contribution < 1.29 is 14.0 Å². The van der Waals surface area contributed by atoms with Gasteiger partial charge in [0.15, 0.2) is 5.82 Å². The third kappa shape index (κ3) is 2.86. The minimum atomic E-state index is -0.663. The Morgan fingerprint density at radius 2 is 2.06 bits per heavy atom. The fourth-order valence-electron chi connectivity index (χ4n) is 1.35. The van der Waals surface area contributed by atoms with Crippen LogP contribution in [0.5, 0.6) is 0 Å². The maximum absolute atomic E-state index is 12.7. The van der Waals surface area contributed by atoms with E-state index in [0.717, 1.165) is 5.56 Å². The van der Waals surface area contributed by atoms with E-state index in [2.05, 4.69) is 10.1 Å². The predicted molar refractivity (Wildman–Crippen MR) is 57.5 cm³/mol. The van der Waals surface area contributed by atoms with Gasteiger partial charge in [-0.25, -0.2) is 4.39 Å². The van der Waals surface area contributed by atoms with Crippen LogP contribution < -0.4 is 5.73 Å². The molecule has 17 heavy (non-hydrogen) atoms. The van der Waals surface area contributed by atoms with Crippen molar-refractivity contribution in [2.24, 2.45) is 5.73 Å². The molecule has 90 valence electrons. The van der Waals surface area contributed by atoms with Crippen molar-refractivity contribution in [3.63, 3.8) is 0 Å². The first-order valence-electron chi connectivity index (χ1n) is 5.12. The molecule has 5 nitrogen and oxygen atoms in total. The fraction of sp³-hybridized carbons (Fsp3) is 0.273. The summed E-state index contributed by atoms with van der Waals surface area (Å²) >= 11 is 0. The molecule has 1 unspecified atom stereocenters. The van der Waals surface area contributed by atoms with E-state index in [1.807, 2.05) is 0 Å². The van der Waals surface area contributed by atoms with Gasteiger partial charge in [-0.3, -0.25) is 0 Å². The van der Waals surface area contributed by atoms with Gasteiger partial charge >= 0.3 is 0 Å². The van der Waals surface area contributed by atoms with Gasteiger partial charge in [0, 0.05) is 6.42 Å². The average Bonchev–Trinajstić information content (AvgIpc) is 2.80. The number of aliphatic hydroxyl groups excluding tert-OH is 1. The largest absolute Gasteiger partial charge is 0.394 e. The van der Waals surface area contributed by atoms with Gasteiger partial charge in [0.25, 0.3) is 0 Å². The Labute approximate surface area is 97.1 Å². The molecule has 0 saturated heterocycles. The Bertz CT molecular complexity index is 484. The monoisotopic (exact) mass is 237 g/mol. The minimum absolute atomic E-state index is 0.199. The van der Waals surface area contributed by atoms with E-state index in [1.54, 1.807) is 12.1 Å². The molecule has 0 amide bonds. The summed E-state index contributed by atoms with van der Waals surface area (Å²) in [7, 11) is 0. The SMILES string of the molecule is NC(CO)c1nc(Cc2ccc(F)cc2)no1. The Kier molecular flexibility index (Phi) is 3.46. The van der Waals surface area contributed by atoms with Crippen LogP contribution in [-0.2, 0) is 6.42 Å². The lowest BCUT2D eigenvalue weighted by atomic mass is 10.1. The molecule has 0 bridgehead atoms. The number of benzene rings is 1. The summed E-state index contributed by atoms with van der Waals surface area (Å²) in [5, 5.41) is 12.6. The van der Waals surface area contributed by atoms with E-state index in [0.29, 0.717) is 12.2 Å². The second-order valence-electron chi connectivity index (χ2n) is 3.64. The van der Waals surface area contributed by atoms with Crippen LogP contribution in [0.4, 0.5) is 4.39 Å². The summed E-state index contributed by atoms with van der Waals surface area (Å²) in [5.41, 5.74) is 6.40. The number of halogens is 1. The molecular formula is C11H12FN3O2. The highest BCUT2D eigenvalue weighted by Crippen LogP contribution is 2.11. The normalized spacial score (nSPS) is 12.6. The van der Waals surface area contributed by atoms with Crippen molar-refractivity contribution in [1.29, 1.82) is 0 Å². The Morgan fingerprint density at radius 3 is 2.71 bits per heavy atom. The van der Waals surface area contributed by atoms with Gasteiger partial charge in [0.05, 0.1) is 6.61 Å². The predicted octanol–water partition coefficient (Wildman–Crippen LogP) is 0.792. The molecule has 1 heterocycles. The maximum atomic E-state index is 12.7. The summed E-state index contributed by atoms with van der Waals surface area (Å²) in [5.74, 6) is 0.366. The van der Waals surface area contributed by atoms with Gasteiger partial charge in [-0.05, 0) is 17.7 Å². The van der Waals surface area contributed by atoms with Crippen LogP contribution in [0.1, 0.15) is 23.3 Å². The van der Waals surface area contributed by atoms with Crippen molar-refractivity contribution in [2.75, 3.05) is 6.61 Å². The lowest BCUT2D eigenvalue weighted by Gasteiger charge is -1.98. The smallest absolute Gasteiger partial charge is 0.245 e. The number of aliphatic hydroxyl groups is 1. The van der Waals surface area contributed by atoms with E-state index in [4.69, 9.17) is 15.4 Å². The first kappa shape index (κ1) is 11.7. The molecule has 0 aliphatic carbocycles. The number of hydrogen-bond donors (Lipinski definition) is 2. The molecule has 0 spiro atoms. The van der Waals surface area contributed by atoms with Crippen LogP contribution in [-0.4, -0.2) is 21.9 Å². The van der Waals surface area contributed by atoms with Gasteiger partial charge in [-0.1, -0.05) is 17.3 Å². The highest BCUT2D eigenvalue weighted by Gasteiger charge is 2.13. The first-order valence-corrected chi connectivity index (χ1v) is 5.12. The van der Waals surface area contributed by atoms with Gasteiger partial charge in [0.1, 0.15) is 11.9 Å². The van der Waals surface area contributed by atoms with Crippen LogP contribution in [0.2, 0.25) is 0 Å².